The minimum Gasteiger partial charge on any atom is -0.460 e. The molecular weight excluding hydrogens is 416 g/mol. The maximum atomic E-state index is 13.8. The number of carbonyl (C=O) groups is 3. The highest BCUT2D eigenvalue weighted by atomic mass is 16.6. The van der Waals surface area contributed by atoms with Crippen LogP contribution in [0.15, 0.2) is 34.0 Å². The number of esters is 2. The molecule has 1 saturated carbocycles. The summed E-state index contributed by atoms with van der Waals surface area (Å²) in [5.74, 6) is -1.67. The smallest absolute Gasteiger partial charge is 0.342 e. The molecule has 0 unspecified atom stereocenters. The van der Waals surface area contributed by atoms with Crippen molar-refractivity contribution in [3.63, 3.8) is 0 Å². The Labute approximate surface area is 185 Å². The zero-order valence-corrected chi connectivity index (χ0v) is 18.5. The van der Waals surface area contributed by atoms with Crippen molar-refractivity contribution in [2.24, 2.45) is 11.3 Å². The molecule has 1 aromatic rings. The molecule has 1 aromatic heterocycles. The lowest BCUT2D eigenvalue weighted by Gasteiger charge is -2.52. The molecule has 8 heteroatoms. The number of ketones is 1. The van der Waals surface area contributed by atoms with Crippen LogP contribution in [-0.2, 0) is 24.4 Å². The molecule has 1 aliphatic heterocycles. The lowest BCUT2D eigenvalue weighted by molar-refractivity contribution is -0.148. The van der Waals surface area contributed by atoms with Crippen LogP contribution in [0.2, 0.25) is 0 Å². The summed E-state index contributed by atoms with van der Waals surface area (Å²) in [6.45, 7) is 9.19. The summed E-state index contributed by atoms with van der Waals surface area (Å²) in [6.07, 6.45) is -0.373. The van der Waals surface area contributed by atoms with Gasteiger partial charge in [0.2, 0.25) is 5.78 Å². The summed E-state index contributed by atoms with van der Waals surface area (Å²) in [5.41, 5.74) is 0.612. The first kappa shape index (κ1) is 21.2. The van der Waals surface area contributed by atoms with Crippen molar-refractivity contribution in [1.29, 1.82) is 0 Å². The van der Waals surface area contributed by atoms with Gasteiger partial charge in [0.15, 0.2) is 5.76 Å². The quantitative estimate of drug-likeness (QED) is 0.561. The van der Waals surface area contributed by atoms with Gasteiger partial charge in [-0.1, -0.05) is 13.5 Å². The Balaban J connectivity index is 1.82. The first-order valence-electron chi connectivity index (χ1n) is 10.7. The van der Waals surface area contributed by atoms with E-state index in [1.165, 1.54) is 20.3 Å². The first-order valence-corrected chi connectivity index (χ1v) is 10.7. The van der Waals surface area contributed by atoms with Crippen LogP contribution in [-0.4, -0.2) is 54.9 Å². The molecule has 2 heterocycles. The maximum absolute atomic E-state index is 13.8. The molecule has 0 radical (unpaired) electrons. The van der Waals surface area contributed by atoms with E-state index in [9.17, 15) is 19.5 Å². The van der Waals surface area contributed by atoms with Crippen LogP contribution in [0.4, 0.5) is 0 Å². The zero-order chi connectivity index (χ0) is 23.2. The lowest BCUT2D eigenvalue weighted by atomic mass is 9.54. The van der Waals surface area contributed by atoms with Gasteiger partial charge in [-0.05, 0) is 30.9 Å². The second-order valence-corrected chi connectivity index (χ2v) is 9.69. The van der Waals surface area contributed by atoms with Crippen molar-refractivity contribution in [2.45, 2.75) is 57.3 Å². The minimum absolute atomic E-state index is 0.0847. The van der Waals surface area contributed by atoms with Crippen LogP contribution in [0.1, 0.15) is 60.1 Å². The van der Waals surface area contributed by atoms with Crippen LogP contribution in [0, 0.1) is 11.3 Å². The van der Waals surface area contributed by atoms with E-state index < -0.39 is 41.1 Å². The van der Waals surface area contributed by atoms with E-state index in [-0.39, 0.29) is 29.6 Å². The molecule has 4 aliphatic rings. The van der Waals surface area contributed by atoms with Gasteiger partial charge in [-0.15, -0.1) is 0 Å². The SMILES string of the molecule is C=C1C[C@H]2C3=C([C@H](OC(C)=O)C[C@]2(C)[C@H]1O)[C@]1(C)c2c(coc2C3=O)C(=O)O[C@@H]1COC. The van der Waals surface area contributed by atoms with E-state index in [4.69, 9.17) is 18.6 Å². The van der Waals surface area contributed by atoms with Gasteiger partial charge in [0.1, 0.15) is 24.0 Å². The molecular formula is C24H26O8. The number of aliphatic hydroxyl groups excluding tert-OH is 1. The molecule has 0 amide bonds. The monoisotopic (exact) mass is 442 g/mol. The fraction of sp³-hybridized carbons (Fsp3) is 0.542. The Bertz CT molecular complexity index is 1110. The Morgan fingerprint density at radius 1 is 1.34 bits per heavy atom. The highest BCUT2D eigenvalue weighted by Gasteiger charge is 2.64. The number of fused-ring (bicyclic) bond motifs is 3. The van der Waals surface area contributed by atoms with Gasteiger partial charge in [-0.2, -0.15) is 0 Å². The van der Waals surface area contributed by atoms with Gasteiger partial charge < -0.3 is 23.7 Å². The number of Topliss-reactive ketones (excluding diaryl/α,β-unsaturated/α-hetero) is 1. The summed E-state index contributed by atoms with van der Waals surface area (Å²) in [6, 6.07) is 0. The Hall–Kier alpha value is -2.71. The number of carbonyl (C=O) groups excluding carboxylic acids is 3. The fourth-order valence-corrected chi connectivity index (χ4v) is 6.45. The third kappa shape index (κ3) is 2.42. The molecule has 0 spiro atoms. The van der Waals surface area contributed by atoms with Crippen LogP contribution in [0.3, 0.4) is 0 Å². The summed E-state index contributed by atoms with van der Waals surface area (Å²) in [5, 5.41) is 11.0. The molecule has 1 fully saturated rings. The van der Waals surface area contributed by atoms with E-state index in [1.54, 1.807) is 0 Å². The summed E-state index contributed by atoms with van der Waals surface area (Å²) in [7, 11) is 1.51. The van der Waals surface area contributed by atoms with Crippen LogP contribution < -0.4 is 0 Å². The highest BCUT2D eigenvalue weighted by molar-refractivity contribution is 6.13. The van der Waals surface area contributed by atoms with Gasteiger partial charge in [-0.25, -0.2) is 4.79 Å². The van der Waals surface area contributed by atoms with Crippen LogP contribution >= 0.6 is 0 Å². The molecule has 170 valence electrons. The molecule has 32 heavy (non-hydrogen) atoms. The second kappa shape index (κ2) is 6.65. The van der Waals surface area contributed by atoms with Crippen molar-refractivity contribution >= 4 is 17.7 Å². The molecule has 3 aliphatic carbocycles. The molecule has 5 rings (SSSR count). The predicted molar refractivity (Wildman–Crippen MR) is 110 cm³/mol. The van der Waals surface area contributed by atoms with Gasteiger partial charge in [-0.3, -0.25) is 9.59 Å². The van der Waals surface area contributed by atoms with Gasteiger partial charge >= 0.3 is 11.9 Å². The predicted octanol–water partition coefficient (Wildman–Crippen LogP) is 2.49. The summed E-state index contributed by atoms with van der Waals surface area (Å²) in [4.78, 5) is 38.6. The second-order valence-electron chi connectivity index (χ2n) is 9.69. The number of ether oxygens (including phenoxy) is 3. The van der Waals surface area contributed by atoms with E-state index in [0.29, 0.717) is 35.1 Å². The standard InChI is InChI=1S/C24H26O8/c1-10-6-13-16-18(14(31-11(2)25)7-23(13,3)21(10)27)24(4)15(9-29-5)32-22(28)12-8-30-20(17(12)24)19(16)26/h8,13-15,21,27H,1,6-7,9H2,2-5H3/t13-,14+,15+,21-,23-,24-/m0/s1. The van der Waals surface area contributed by atoms with Crippen LogP contribution in [0.5, 0.6) is 0 Å². The van der Waals surface area contributed by atoms with Crippen molar-refractivity contribution in [2.75, 3.05) is 13.7 Å². The van der Waals surface area contributed by atoms with Gasteiger partial charge in [0, 0.05) is 36.5 Å². The number of allylic oxidation sites excluding steroid dienone is 1. The third-order valence-corrected chi connectivity index (χ3v) is 7.92. The molecule has 0 bridgehead atoms. The fourth-order valence-electron chi connectivity index (χ4n) is 6.45. The number of hydrogen-bond acceptors (Lipinski definition) is 8. The first-order chi connectivity index (χ1) is 15.1. The molecule has 1 N–H and O–H groups in total. The number of methoxy groups -OCH3 is 1. The number of aliphatic hydroxyl groups is 1. The Morgan fingerprint density at radius 2 is 2.06 bits per heavy atom. The number of hydrogen-bond donors (Lipinski definition) is 1. The number of cyclic esters (lactones) is 1. The molecule has 0 saturated heterocycles. The molecule has 8 nitrogen and oxygen atoms in total. The van der Waals surface area contributed by atoms with E-state index in [2.05, 4.69) is 6.58 Å². The largest absolute Gasteiger partial charge is 0.460 e. The molecule has 6 atom stereocenters. The summed E-state index contributed by atoms with van der Waals surface area (Å²) < 4.78 is 22.5. The number of rotatable bonds is 3. The van der Waals surface area contributed by atoms with E-state index in [1.807, 2.05) is 13.8 Å². The topological polar surface area (TPSA) is 112 Å². The average Bonchev–Trinajstić information content (AvgIpc) is 3.26. The van der Waals surface area contributed by atoms with E-state index >= 15 is 0 Å². The average molecular weight is 442 g/mol. The van der Waals surface area contributed by atoms with Gasteiger partial charge in [0.25, 0.3) is 0 Å². The van der Waals surface area contributed by atoms with Crippen molar-refractivity contribution in [1.82, 2.24) is 0 Å². The summed E-state index contributed by atoms with van der Waals surface area (Å²) >= 11 is 0. The van der Waals surface area contributed by atoms with Crippen LogP contribution in [0.25, 0.3) is 0 Å². The van der Waals surface area contributed by atoms with Crippen molar-refractivity contribution in [3.05, 3.63) is 46.4 Å². The lowest BCUT2D eigenvalue weighted by Crippen LogP contribution is -2.57. The minimum atomic E-state index is -0.999. The maximum Gasteiger partial charge on any atom is 0.342 e. The Kier molecular flexibility index (Phi) is 4.40. The highest BCUT2D eigenvalue weighted by Crippen LogP contribution is 2.62. The number of furan rings is 1. The Morgan fingerprint density at radius 3 is 2.72 bits per heavy atom. The van der Waals surface area contributed by atoms with Crippen molar-refractivity contribution in [3.8, 4) is 0 Å². The third-order valence-electron chi connectivity index (χ3n) is 7.92. The molecule has 0 aromatic carbocycles. The van der Waals surface area contributed by atoms with E-state index in [0.717, 1.165) is 0 Å². The van der Waals surface area contributed by atoms with Crippen molar-refractivity contribution < 1.29 is 38.1 Å². The van der Waals surface area contributed by atoms with Gasteiger partial charge in [0.05, 0.1) is 18.1 Å². The zero-order valence-electron chi connectivity index (χ0n) is 18.5. The normalized spacial score (nSPS) is 37.6.